The van der Waals surface area contributed by atoms with Crippen LogP contribution in [-0.4, -0.2) is 41.1 Å². The summed E-state index contributed by atoms with van der Waals surface area (Å²) in [5.74, 6) is -0.309. The number of carbonyl (C=O) groups is 2. The van der Waals surface area contributed by atoms with Gasteiger partial charge in [-0.1, -0.05) is 36.4 Å². The van der Waals surface area contributed by atoms with E-state index in [1.165, 1.54) is 0 Å². The number of ketones is 2. The first-order chi connectivity index (χ1) is 8.20. The number of hydrogen-bond acceptors (Lipinski definition) is 3. The van der Waals surface area contributed by atoms with E-state index in [0.717, 1.165) is 0 Å². The summed E-state index contributed by atoms with van der Waals surface area (Å²) in [4.78, 5) is 24.4. The fourth-order valence-electron chi connectivity index (χ4n) is 2.17. The summed E-state index contributed by atoms with van der Waals surface area (Å²) in [5, 5.41) is 0. The van der Waals surface area contributed by atoms with Crippen molar-refractivity contribution in [3.63, 3.8) is 0 Å². The third-order valence-corrected chi connectivity index (χ3v) is 2.98. The van der Waals surface area contributed by atoms with Crippen LogP contribution in [0.2, 0.25) is 0 Å². The van der Waals surface area contributed by atoms with Crippen LogP contribution in [0.15, 0.2) is 42.5 Å². The number of nitrogens with two attached hydrogens (primary N) is 1. The number of anilines is 1. The molecule has 1 aliphatic rings. The molecule has 0 spiro atoms. The Kier molecular flexibility index (Phi) is 3.39. The third kappa shape index (κ3) is 1.72. The smallest absolute Gasteiger partial charge is 0.196 e. The second-order valence-corrected chi connectivity index (χ2v) is 3.97. The summed E-state index contributed by atoms with van der Waals surface area (Å²) >= 11 is 0. The van der Waals surface area contributed by atoms with Crippen LogP contribution < -0.4 is 5.73 Å². The Hall–Kier alpha value is -1.42. The Bertz CT molecular complexity index is 665. The van der Waals surface area contributed by atoms with Crippen molar-refractivity contribution < 1.29 is 9.59 Å². The van der Waals surface area contributed by atoms with Gasteiger partial charge in [-0.2, -0.15) is 0 Å². The quantitative estimate of drug-likeness (QED) is 0.484. The molecule has 2 aromatic rings. The largest absolute Gasteiger partial charge is 0.398 e. The van der Waals surface area contributed by atoms with E-state index in [1.54, 1.807) is 42.5 Å². The molecule has 2 N–H and O–H groups in total. The first kappa shape index (κ1) is 13.0. The number of hydrogen-bond donors (Lipinski definition) is 1. The Labute approximate surface area is 126 Å². The first-order valence-electron chi connectivity index (χ1n) is 5.27. The second-order valence-electron chi connectivity index (χ2n) is 3.97. The summed E-state index contributed by atoms with van der Waals surface area (Å²) in [6.45, 7) is 0. The van der Waals surface area contributed by atoms with Crippen molar-refractivity contribution in [2.75, 3.05) is 5.73 Å². The van der Waals surface area contributed by atoms with Crippen LogP contribution in [0.1, 0.15) is 31.8 Å². The summed E-state index contributed by atoms with van der Waals surface area (Å²) in [6.07, 6.45) is 0. The van der Waals surface area contributed by atoms with E-state index in [0.29, 0.717) is 27.9 Å². The molecule has 0 atom stereocenters. The van der Waals surface area contributed by atoms with Gasteiger partial charge in [0.05, 0.1) is 5.56 Å². The zero-order valence-corrected chi connectivity index (χ0v) is 11.9. The van der Waals surface area contributed by atoms with E-state index in [2.05, 4.69) is 0 Å². The second kappa shape index (κ2) is 4.69. The van der Waals surface area contributed by atoms with Gasteiger partial charge in [-0.25, -0.2) is 0 Å². The molecule has 0 bridgehead atoms. The maximum Gasteiger partial charge on any atom is 0.196 e. The molecule has 0 fully saturated rings. The average Bonchev–Trinajstić information content (AvgIpc) is 2.36. The maximum absolute atomic E-state index is 12.2. The molecule has 0 aliphatic heterocycles. The molecule has 0 heterocycles. The van der Waals surface area contributed by atoms with Crippen LogP contribution >= 0.6 is 0 Å². The number of carbonyl (C=O) groups excluding carboxylic acids is 2. The number of nitrogen functional groups attached to an aromatic ring is 1. The molecule has 0 saturated heterocycles. The number of benzene rings is 2. The van der Waals surface area contributed by atoms with E-state index in [9.17, 15) is 9.59 Å². The van der Waals surface area contributed by atoms with E-state index >= 15 is 0 Å². The van der Waals surface area contributed by atoms with Gasteiger partial charge in [-0.05, 0) is 6.07 Å². The number of rotatable bonds is 0. The van der Waals surface area contributed by atoms with Gasteiger partial charge in [0.2, 0.25) is 0 Å². The van der Waals surface area contributed by atoms with Crippen molar-refractivity contribution in [3.8, 4) is 0 Å². The monoisotopic (exact) mass is 246 g/mol. The van der Waals surface area contributed by atoms with Crippen LogP contribution in [0.5, 0.6) is 0 Å². The van der Waals surface area contributed by atoms with Gasteiger partial charge in [0.25, 0.3) is 0 Å². The normalized spacial score (nSPS) is 12.4. The molecule has 3 nitrogen and oxygen atoms in total. The minimum atomic E-state index is -0.173. The minimum Gasteiger partial charge on any atom is -0.398 e. The fourth-order valence-corrected chi connectivity index (χ4v) is 2.17. The molecule has 0 saturated carbocycles. The standard InChI is InChI=1S/C14H9NO2.Na/c15-11-7-3-6-10-12(11)14(17)9-5-2-1-4-8(9)13(10)16;/h1-7H,15H2;. The van der Waals surface area contributed by atoms with Crippen LogP contribution in [-0.2, 0) is 0 Å². The van der Waals surface area contributed by atoms with Crippen LogP contribution in [0.3, 0.4) is 0 Å². The van der Waals surface area contributed by atoms with Crippen molar-refractivity contribution in [1.29, 1.82) is 0 Å². The summed E-state index contributed by atoms with van der Waals surface area (Å²) in [5.41, 5.74) is 7.75. The molecule has 3 rings (SSSR count). The molecule has 1 aliphatic carbocycles. The molecule has 18 heavy (non-hydrogen) atoms. The predicted molar refractivity (Wildman–Crippen MR) is 69.9 cm³/mol. The SMILES string of the molecule is Nc1cccc2c1C(=O)c1ccccc1C2=O.[Na]. The molecule has 0 unspecified atom stereocenters. The minimum absolute atomic E-state index is 0. The molecule has 4 heteroatoms. The fraction of sp³-hybridized carbons (Fsp3) is 0. The Balaban J connectivity index is 0.00000120. The van der Waals surface area contributed by atoms with Crippen molar-refractivity contribution in [1.82, 2.24) is 0 Å². The van der Waals surface area contributed by atoms with Gasteiger partial charge in [0, 0.05) is 51.9 Å². The molecule has 2 aromatic carbocycles. The van der Waals surface area contributed by atoms with E-state index in [1.807, 2.05) is 0 Å². The molecule has 0 amide bonds. The molecule has 1 radical (unpaired) electrons. The van der Waals surface area contributed by atoms with E-state index in [-0.39, 0.29) is 41.1 Å². The number of fused-ring (bicyclic) bond motifs is 2. The van der Waals surface area contributed by atoms with Crippen molar-refractivity contribution in [2.45, 2.75) is 0 Å². The van der Waals surface area contributed by atoms with Crippen LogP contribution in [0, 0.1) is 0 Å². The molecular weight excluding hydrogens is 237 g/mol. The molecule has 0 aromatic heterocycles. The van der Waals surface area contributed by atoms with Crippen molar-refractivity contribution in [3.05, 3.63) is 64.7 Å². The topological polar surface area (TPSA) is 60.2 Å². The van der Waals surface area contributed by atoms with Crippen LogP contribution in [0.4, 0.5) is 5.69 Å². The zero-order valence-electron chi connectivity index (χ0n) is 9.94. The van der Waals surface area contributed by atoms with Gasteiger partial charge < -0.3 is 5.73 Å². The zero-order chi connectivity index (χ0) is 12.0. The van der Waals surface area contributed by atoms with E-state index in [4.69, 9.17) is 5.73 Å². The van der Waals surface area contributed by atoms with Gasteiger partial charge >= 0.3 is 0 Å². The Morgan fingerprint density at radius 3 is 1.94 bits per heavy atom. The van der Waals surface area contributed by atoms with Gasteiger partial charge in [-0.15, -0.1) is 0 Å². The third-order valence-electron chi connectivity index (χ3n) is 2.98. The predicted octanol–water partition coefficient (Wildman–Crippen LogP) is 1.66. The van der Waals surface area contributed by atoms with Gasteiger partial charge in [-0.3, -0.25) is 9.59 Å². The van der Waals surface area contributed by atoms with Gasteiger partial charge in [0.15, 0.2) is 11.6 Å². The first-order valence-corrected chi connectivity index (χ1v) is 5.27. The summed E-state index contributed by atoms with van der Waals surface area (Å²) in [7, 11) is 0. The average molecular weight is 246 g/mol. The molecule has 83 valence electrons. The Morgan fingerprint density at radius 2 is 1.28 bits per heavy atom. The molecular formula is C14H9NNaO2. The summed E-state index contributed by atoms with van der Waals surface area (Å²) < 4.78 is 0. The van der Waals surface area contributed by atoms with Crippen LogP contribution in [0.25, 0.3) is 0 Å². The maximum atomic E-state index is 12.2. The van der Waals surface area contributed by atoms with Crippen molar-refractivity contribution in [2.24, 2.45) is 0 Å². The summed E-state index contributed by atoms with van der Waals surface area (Å²) in [6, 6.07) is 11.8. The Morgan fingerprint density at radius 1 is 0.722 bits per heavy atom. The van der Waals surface area contributed by atoms with E-state index < -0.39 is 0 Å². The van der Waals surface area contributed by atoms with Gasteiger partial charge in [0.1, 0.15) is 0 Å². The van der Waals surface area contributed by atoms with Crippen molar-refractivity contribution >= 4 is 46.8 Å².